The molecule has 1 aliphatic rings. The molecule has 0 aliphatic carbocycles. The van der Waals surface area contributed by atoms with Crippen molar-refractivity contribution in [3.05, 3.63) is 24.0 Å². The smallest absolute Gasteiger partial charge is 0.173 e. The van der Waals surface area contributed by atoms with Gasteiger partial charge in [0.2, 0.25) is 0 Å². The maximum Gasteiger partial charge on any atom is 0.173 e. The third kappa shape index (κ3) is 1.99. The number of aryl methyl sites for hydroxylation is 1. The summed E-state index contributed by atoms with van der Waals surface area (Å²) in [6, 6.07) is 4.55. The molecule has 0 amide bonds. The van der Waals surface area contributed by atoms with Gasteiger partial charge in [0.25, 0.3) is 0 Å². The molecule has 0 fully saturated rings. The van der Waals surface area contributed by atoms with Gasteiger partial charge >= 0.3 is 0 Å². The van der Waals surface area contributed by atoms with E-state index in [0.29, 0.717) is 41.8 Å². The molecule has 1 aromatic carbocycles. The summed E-state index contributed by atoms with van der Waals surface area (Å²) in [6.07, 6.45) is 0.764. The largest absolute Gasteiger partial charge is 0.490 e. The highest BCUT2D eigenvalue weighted by molar-refractivity contribution is 5.73. The van der Waals surface area contributed by atoms with Gasteiger partial charge in [-0.3, -0.25) is 4.68 Å². The average Bonchev–Trinajstić information content (AvgIpc) is 2.61. The highest BCUT2D eigenvalue weighted by Gasteiger charge is 2.22. The monoisotopic (exact) mass is 263 g/mol. The Hall–Kier alpha value is -2.24. The maximum atomic E-state index is 14.1. The number of halogens is 1. The van der Waals surface area contributed by atoms with Crippen LogP contribution >= 0.6 is 0 Å². The summed E-state index contributed by atoms with van der Waals surface area (Å²) in [5, 5.41) is 4.20. The van der Waals surface area contributed by atoms with Crippen molar-refractivity contribution in [3.63, 3.8) is 0 Å². The molecule has 0 spiro atoms. The summed E-state index contributed by atoms with van der Waals surface area (Å²) in [5.41, 5.74) is 6.48. The molecule has 2 heterocycles. The van der Waals surface area contributed by atoms with E-state index in [1.165, 1.54) is 10.7 Å². The Morgan fingerprint density at radius 1 is 1.32 bits per heavy atom. The average molecular weight is 263 g/mol. The first-order chi connectivity index (χ1) is 9.16. The molecule has 0 bridgehead atoms. The van der Waals surface area contributed by atoms with Crippen LogP contribution in [0.5, 0.6) is 11.5 Å². The fraction of sp³-hybridized carbons (Fsp3) is 0.308. The number of nitrogens with two attached hydrogens (primary N) is 1. The van der Waals surface area contributed by atoms with Gasteiger partial charge in [-0.25, -0.2) is 4.39 Å². The lowest BCUT2D eigenvalue weighted by atomic mass is 10.1. The second-order valence-corrected chi connectivity index (χ2v) is 4.38. The van der Waals surface area contributed by atoms with Gasteiger partial charge in [0.15, 0.2) is 11.5 Å². The molecule has 19 heavy (non-hydrogen) atoms. The molecule has 1 aliphatic heterocycles. The minimum Gasteiger partial charge on any atom is -0.490 e. The number of fused-ring (bicyclic) bond motifs is 1. The number of hydrogen-bond donors (Lipinski definition) is 1. The number of ether oxygens (including phenoxy) is 2. The van der Waals surface area contributed by atoms with Gasteiger partial charge in [0.05, 0.1) is 18.8 Å². The Bertz CT molecular complexity index is 605. The van der Waals surface area contributed by atoms with Crippen molar-refractivity contribution < 1.29 is 13.9 Å². The first-order valence-electron chi connectivity index (χ1n) is 6.05. The van der Waals surface area contributed by atoms with Crippen molar-refractivity contribution in [3.8, 4) is 22.8 Å². The van der Waals surface area contributed by atoms with E-state index < -0.39 is 5.82 Å². The zero-order valence-electron chi connectivity index (χ0n) is 10.5. The molecule has 0 saturated heterocycles. The molecule has 1 aromatic heterocycles. The molecule has 6 heteroatoms. The van der Waals surface area contributed by atoms with Crippen LogP contribution in [0, 0.1) is 5.82 Å². The molecule has 2 N–H and O–H groups in total. The fourth-order valence-corrected chi connectivity index (χ4v) is 2.05. The Labute approximate surface area is 109 Å². The van der Waals surface area contributed by atoms with Crippen molar-refractivity contribution in [2.45, 2.75) is 6.42 Å². The Morgan fingerprint density at radius 2 is 2.11 bits per heavy atom. The lowest BCUT2D eigenvalue weighted by molar-refractivity contribution is 0.297. The van der Waals surface area contributed by atoms with Crippen LogP contribution in [0.1, 0.15) is 6.42 Å². The zero-order chi connectivity index (χ0) is 13.4. The third-order valence-electron chi connectivity index (χ3n) is 3.04. The van der Waals surface area contributed by atoms with Crippen LogP contribution in [-0.4, -0.2) is 23.0 Å². The van der Waals surface area contributed by atoms with E-state index in [0.717, 1.165) is 6.42 Å². The van der Waals surface area contributed by atoms with Crippen LogP contribution in [-0.2, 0) is 7.05 Å². The van der Waals surface area contributed by atoms with Crippen molar-refractivity contribution in [2.75, 3.05) is 18.9 Å². The molecule has 100 valence electrons. The van der Waals surface area contributed by atoms with Crippen LogP contribution in [0.3, 0.4) is 0 Å². The second-order valence-electron chi connectivity index (χ2n) is 4.38. The molecule has 2 aromatic rings. The SMILES string of the molecule is Cn1nc(-c2c(F)ccc3c2OCCCO3)cc1N. The molecule has 3 rings (SSSR count). The van der Waals surface area contributed by atoms with E-state index in [4.69, 9.17) is 15.2 Å². The quantitative estimate of drug-likeness (QED) is 0.854. The van der Waals surface area contributed by atoms with Gasteiger partial charge in [-0.05, 0) is 12.1 Å². The maximum absolute atomic E-state index is 14.1. The summed E-state index contributed by atoms with van der Waals surface area (Å²) in [7, 11) is 1.70. The number of aromatic nitrogens is 2. The summed E-state index contributed by atoms with van der Waals surface area (Å²) in [5.74, 6) is 0.998. The minimum absolute atomic E-state index is 0.298. The van der Waals surface area contributed by atoms with Crippen molar-refractivity contribution in [2.24, 2.45) is 7.05 Å². The normalized spacial score (nSPS) is 14.2. The number of benzene rings is 1. The van der Waals surface area contributed by atoms with Crippen LogP contribution < -0.4 is 15.2 Å². The predicted octanol–water partition coefficient (Wildman–Crippen LogP) is 1.97. The van der Waals surface area contributed by atoms with E-state index in [1.54, 1.807) is 19.2 Å². The summed E-state index contributed by atoms with van der Waals surface area (Å²) < 4.78 is 26.8. The number of nitrogens with zero attached hydrogens (tertiary/aromatic N) is 2. The standard InChI is InChI=1S/C13H14FN3O2/c1-17-11(15)7-9(16-17)12-8(14)3-4-10-13(12)19-6-2-5-18-10/h3-4,7H,2,5-6,15H2,1H3. The second kappa shape index (κ2) is 4.46. The molecule has 0 unspecified atom stereocenters. The number of rotatable bonds is 1. The first-order valence-corrected chi connectivity index (χ1v) is 6.05. The fourth-order valence-electron chi connectivity index (χ4n) is 2.05. The Morgan fingerprint density at radius 3 is 2.84 bits per heavy atom. The van der Waals surface area contributed by atoms with Crippen LogP contribution in [0.15, 0.2) is 18.2 Å². The van der Waals surface area contributed by atoms with E-state index >= 15 is 0 Å². The predicted molar refractivity (Wildman–Crippen MR) is 68.6 cm³/mol. The van der Waals surface area contributed by atoms with Crippen LogP contribution in [0.25, 0.3) is 11.3 Å². The Balaban J connectivity index is 2.19. The topological polar surface area (TPSA) is 62.3 Å². The lowest BCUT2D eigenvalue weighted by Crippen LogP contribution is -1.99. The van der Waals surface area contributed by atoms with Gasteiger partial charge in [-0.15, -0.1) is 0 Å². The molecular weight excluding hydrogens is 249 g/mol. The molecule has 0 atom stereocenters. The van der Waals surface area contributed by atoms with E-state index in [9.17, 15) is 4.39 Å². The van der Waals surface area contributed by atoms with E-state index in [2.05, 4.69) is 5.10 Å². The number of nitrogen functional groups attached to an aromatic ring is 1. The van der Waals surface area contributed by atoms with Gasteiger partial charge in [0, 0.05) is 19.5 Å². The van der Waals surface area contributed by atoms with E-state index in [1.807, 2.05) is 0 Å². The van der Waals surface area contributed by atoms with E-state index in [-0.39, 0.29) is 0 Å². The number of anilines is 1. The molecule has 0 saturated carbocycles. The summed E-state index contributed by atoms with van der Waals surface area (Å²) >= 11 is 0. The first kappa shape index (κ1) is 11.8. The molecule has 0 radical (unpaired) electrons. The van der Waals surface area contributed by atoms with Crippen molar-refractivity contribution in [1.82, 2.24) is 9.78 Å². The van der Waals surface area contributed by atoms with Crippen molar-refractivity contribution in [1.29, 1.82) is 0 Å². The molecule has 5 nitrogen and oxygen atoms in total. The summed E-state index contributed by atoms with van der Waals surface area (Å²) in [6.45, 7) is 1.05. The lowest BCUT2D eigenvalue weighted by Gasteiger charge is -2.11. The van der Waals surface area contributed by atoms with Gasteiger partial charge in [0.1, 0.15) is 17.3 Å². The third-order valence-corrected chi connectivity index (χ3v) is 3.04. The summed E-state index contributed by atoms with van der Waals surface area (Å²) in [4.78, 5) is 0. The Kier molecular flexibility index (Phi) is 2.77. The van der Waals surface area contributed by atoms with Crippen LogP contribution in [0.2, 0.25) is 0 Å². The number of hydrogen-bond acceptors (Lipinski definition) is 4. The highest BCUT2D eigenvalue weighted by Crippen LogP contribution is 2.41. The highest BCUT2D eigenvalue weighted by atomic mass is 19.1. The van der Waals surface area contributed by atoms with Crippen LogP contribution in [0.4, 0.5) is 10.2 Å². The van der Waals surface area contributed by atoms with Gasteiger partial charge < -0.3 is 15.2 Å². The van der Waals surface area contributed by atoms with Gasteiger partial charge in [-0.2, -0.15) is 5.10 Å². The zero-order valence-corrected chi connectivity index (χ0v) is 10.5. The minimum atomic E-state index is -0.401. The van der Waals surface area contributed by atoms with Gasteiger partial charge in [-0.1, -0.05) is 0 Å². The molecular formula is C13H14FN3O2. The van der Waals surface area contributed by atoms with Crippen molar-refractivity contribution >= 4 is 5.82 Å².